The monoisotopic (exact) mass is 334 g/mol. The first-order valence-electron chi connectivity index (χ1n) is 7.68. The molecule has 2 amide bonds. The molecular formula is C15H18N4O3S. The second-order valence-corrected chi connectivity index (χ2v) is 7.19. The van der Waals surface area contributed by atoms with Crippen molar-refractivity contribution in [2.75, 3.05) is 26.2 Å². The number of thiazole rings is 1. The predicted octanol–water partition coefficient (Wildman–Crippen LogP) is 1.67. The zero-order valence-electron chi connectivity index (χ0n) is 12.6. The van der Waals surface area contributed by atoms with Gasteiger partial charge in [-0.1, -0.05) is 0 Å². The molecule has 0 bridgehead atoms. The molecule has 8 heteroatoms. The Hall–Kier alpha value is -2.14. The lowest BCUT2D eigenvalue weighted by atomic mass is 9.94. The van der Waals surface area contributed by atoms with Crippen LogP contribution >= 0.6 is 11.3 Å². The van der Waals surface area contributed by atoms with Crippen LogP contribution in [-0.2, 0) is 6.42 Å². The number of hydrogen-bond acceptors (Lipinski definition) is 5. The van der Waals surface area contributed by atoms with E-state index < -0.39 is 5.97 Å². The van der Waals surface area contributed by atoms with E-state index in [1.807, 2.05) is 4.90 Å². The number of nitrogens with zero attached hydrogens (tertiary/aromatic N) is 4. The van der Waals surface area contributed by atoms with E-state index in [4.69, 9.17) is 10.4 Å². The molecule has 2 aliphatic heterocycles. The fourth-order valence-electron chi connectivity index (χ4n) is 3.00. The highest BCUT2D eigenvalue weighted by Gasteiger charge is 2.34. The van der Waals surface area contributed by atoms with Crippen molar-refractivity contribution in [3.63, 3.8) is 0 Å². The van der Waals surface area contributed by atoms with E-state index in [1.165, 1.54) is 17.5 Å². The number of urea groups is 1. The Balaban J connectivity index is 1.46. The number of likely N-dealkylation sites (tertiary alicyclic amines) is 2. The van der Waals surface area contributed by atoms with Gasteiger partial charge in [-0.2, -0.15) is 5.26 Å². The average molecular weight is 334 g/mol. The Kier molecular flexibility index (Phi) is 4.48. The van der Waals surface area contributed by atoms with Crippen LogP contribution in [0.2, 0.25) is 0 Å². The molecule has 23 heavy (non-hydrogen) atoms. The minimum absolute atomic E-state index is 0.00942. The quantitative estimate of drug-likeness (QED) is 0.907. The van der Waals surface area contributed by atoms with Gasteiger partial charge in [-0.25, -0.2) is 14.6 Å². The molecule has 1 aromatic rings. The highest BCUT2D eigenvalue weighted by Crippen LogP contribution is 2.26. The van der Waals surface area contributed by atoms with Crippen molar-refractivity contribution in [2.24, 2.45) is 11.8 Å². The summed E-state index contributed by atoms with van der Waals surface area (Å²) in [7, 11) is 0. The number of aromatic carboxylic acids is 1. The SMILES string of the molecule is N#CC1CN(C(=O)N2CCC(Cc3ncc(C(=O)O)s3)CC2)C1. The van der Waals surface area contributed by atoms with E-state index in [0.717, 1.165) is 24.3 Å². The number of rotatable bonds is 3. The summed E-state index contributed by atoms with van der Waals surface area (Å²) in [6, 6.07) is 2.21. The molecule has 0 radical (unpaired) electrons. The summed E-state index contributed by atoms with van der Waals surface area (Å²) in [4.78, 5) is 31.2. The minimum atomic E-state index is -0.931. The van der Waals surface area contributed by atoms with Gasteiger partial charge in [-0.05, 0) is 18.8 Å². The van der Waals surface area contributed by atoms with Crippen molar-refractivity contribution in [1.29, 1.82) is 5.26 Å². The highest BCUT2D eigenvalue weighted by molar-refractivity contribution is 7.13. The number of amides is 2. The Morgan fingerprint density at radius 3 is 2.61 bits per heavy atom. The second kappa shape index (κ2) is 6.54. The van der Waals surface area contributed by atoms with Gasteiger partial charge in [-0.3, -0.25) is 0 Å². The lowest BCUT2D eigenvalue weighted by Crippen LogP contribution is -2.55. The number of carboxylic acid groups (broad SMARTS) is 1. The van der Waals surface area contributed by atoms with Crippen molar-refractivity contribution in [3.8, 4) is 6.07 Å². The number of aromatic nitrogens is 1. The third-order valence-electron chi connectivity index (χ3n) is 4.45. The zero-order chi connectivity index (χ0) is 16.4. The summed E-state index contributed by atoms with van der Waals surface area (Å²) in [5.74, 6) is -0.501. The largest absolute Gasteiger partial charge is 0.477 e. The van der Waals surface area contributed by atoms with Crippen LogP contribution in [0.15, 0.2) is 6.20 Å². The molecule has 3 heterocycles. The maximum Gasteiger partial charge on any atom is 0.347 e. The number of hydrogen-bond donors (Lipinski definition) is 1. The number of carboxylic acids is 1. The molecule has 7 nitrogen and oxygen atoms in total. The standard InChI is InChI=1S/C15H18N4O3S/c16-6-11-8-19(9-11)15(22)18-3-1-10(2-4-18)5-13-17-7-12(23-13)14(20)21/h7,10-11H,1-5,8-9H2,(H,20,21). The topological polar surface area (TPSA) is 97.5 Å². The smallest absolute Gasteiger partial charge is 0.347 e. The van der Waals surface area contributed by atoms with Gasteiger partial charge < -0.3 is 14.9 Å². The van der Waals surface area contributed by atoms with Gasteiger partial charge in [0.2, 0.25) is 0 Å². The Bertz CT molecular complexity index is 639. The molecule has 0 spiro atoms. The van der Waals surface area contributed by atoms with E-state index in [0.29, 0.717) is 32.1 Å². The third-order valence-corrected chi connectivity index (χ3v) is 5.45. The van der Waals surface area contributed by atoms with Crippen LogP contribution in [-0.4, -0.2) is 58.1 Å². The number of nitriles is 1. The normalized spacial score (nSPS) is 19.3. The van der Waals surface area contributed by atoms with Gasteiger partial charge in [0.05, 0.1) is 23.2 Å². The van der Waals surface area contributed by atoms with E-state index in [2.05, 4.69) is 11.1 Å². The summed E-state index contributed by atoms with van der Waals surface area (Å²) >= 11 is 1.23. The molecule has 2 saturated heterocycles. The Labute approximate surface area is 138 Å². The van der Waals surface area contributed by atoms with Gasteiger partial charge >= 0.3 is 12.0 Å². The number of carbonyl (C=O) groups excluding carboxylic acids is 1. The van der Waals surface area contributed by atoms with Gasteiger partial charge in [0.1, 0.15) is 4.88 Å². The number of carbonyl (C=O) groups is 2. The van der Waals surface area contributed by atoms with Gasteiger partial charge in [0.15, 0.2) is 0 Å². The van der Waals surface area contributed by atoms with Gasteiger partial charge in [-0.15, -0.1) is 11.3 Å². The van der Waals surface area contributed by atoms with Gasteiger partial charge in [0.25, 0.3) is 0 Å². The lowest BCUT2D eigenvalue weighted by Gasteiger charge is -2.41. The van der Waals surface area contributed by atoms with Crippen LogP contribution in [0, 0.1) is 23.2 Å². The van der Waals surface area contributed by atoms with Crippen molar-refractivity contribution >= 4 is 23.3 Å². The van der Waals surface area contributed by atoms with Crippen molar-refractivity contribution in [3.05, 3.63) is 16.1 Å². The summed E-state index contributed by atoms with van der Waals surface area (Å²) < 4.78 is 0. The molecular weight excluding hydrogens is 316 g/mol. The molecule has 2 aliphatic rings. The first kappa shape index (κ1) is 15.7. The molecule has 0 unspecified atom stereocenters. The molecule has 1 N–H and O–H groups in total. The zero-order valence-corrected chi connectivity index (χ0v) is 13.5. The van der Waals surface area contributed by atoms with Crippen molar-refractivity contribution in [2.45, 2.75) is 19.3 Å². The molecule has 0 aliphatic carbocycles. The van der Waals surface area contributed by atoms with Crippen LogP contribution in [0.25, 0.3) is 0 Å². The van der Waals surface area contributed by atoms with Crippen molar-refractivity contribution < 1.29 is 14.7 Å². The molecule has 0 atom stereocenters. The lowest BCUT2D eigenvalue weighted by molar-refractivity contribution is 0.0701. The molecule has 0 aromatic carbocycles. The van der Waals surface area contributed by atoms with Crippen LogP contribution < -0.4 is 0 Å². The predicted molar refractivity (Wildman–Crippen MR) is 83.1 cm³/mol. The van der Waals surface area contributed by atoms with E-state index in [-0.39, 0.29) is 16.8 Å². The van der Waals surface area contributed by atoms with E-state index in [9.17, 15) is 9.59 Å². The molecule has 0 saturated carbocycles. The van der Waals surface area contributed by atoms with E-state index >= 15 is 0 Å². The molecule has 3 rings (SSSR count). The summed E-state index contributed by atoms with van der Waals surface area (Å²) in [5.41, 5.74) is 0. The molecule has 2 fully saturated rings. The summed E-state index contributed by atoms with van der Waals surface area (Å²) in [6.45, 7) is 2.53. The Morgan fingerprint density at radius 2 is 2.04 bits per heavy atom. The fourth-order valence-corrected chi connectivity index (χ4v) is 3.87. The second-order valence-electron chi connectivity index (χ2n) is 6.07. The van der Waals surface area contributed by atoms with Gasteiger partial charge in [0, 0.05) is 32.6 Å². The maximum absolute atomic E-state index is 12.3. The third kappa shape index (κ3) is 3.45. The molecule has 122 valence electrons. The minimum Gasteiger partial charge on any atom is -0.477 e. The molecule has 1 aromatic heterocycles. The van der Waals surface area contributed by atoms with E-state index in [1.54, 1.807) is 4.90 Å². The Morgan fingerprint density at radius 1 is 1.35 bits per heavy atom. The first-order valence-corrected chi connectivity index (χ1v) is 8.50. The van der Waals surface area contributed by atoms with Crippen LogP contribution in [0.4, 0.5) is 4.79 Å². The van der Waals surface area contributed by atoms with Crippen LogP contribution in [0.3, 0.4) is 0 Å². The number of piperidine rings is 1. The first-order chi connectivity index (χ1) is 11.1. The van der Waals surface area contributed by atoms with Crippen LogP contribution in [0.5, 0.6) is 0 Å². The van der Waals surface area contributed by atoms with Crippen molar-refractivity contribution in [1.82, 2.24) is 14.8 Å². The summed E-state index contributed by atoms with van der Waals surface area (Å²) in [5, 5.41) is 18.5. The maximum atomic E-state index is 12.3. The highest BCUT2D eigenvalue weighted by atomic mass is 32.1. The average Bonchev–Trinajstić information content (AvgIpc) is 2.95. The van der Waals surface area contributed by atoms with Crippen LogP contribution in [0.1, 0.15) is 27.5 Å². The summed E-state index contributed by atoms with van der Waals surface area (Å²) in [6.07, 6.45) is 4.00. The fraction of sp³-hybridized carbons (Fsp3) is 0.600.